The molecule has 0 bridgehead atoms. The Labute approximate surface area is 122 Å². The monoisotopic (exact) mass is 296 g/mol. The minimum Gasteiger partial charge on any atom is -0.487 e. The summed E-state index contributed by atoms with van der Waals surface area (Å²) in [5.74, 6) is 0.787. The number of benzene rings is 1. The summed E-state index contributed by atoms with van der Waals surface area (Å²) in [4.78, 5) is 4.37. The standard InChI is InChI=1S/C14H17ClN2OS/c1-9(16)6-12-13(15)4-3-5-14(12)18-7-11-8-19-10(2)17-11/h3-5,8-9H,6-7,16H2,1-2H3. The fourth-order valence-electron chi connectivity index (χ4n) is 1.82. The van der Waals surface area contributed by atoms with Crippen molar-refractivity contribution in [2.45, 2.75) is 32.9 Å². The van der Waals surface area contributed by atoms with Gasteiger partial charge in [-0.25, -0.2) is 4.98 Å². The van der Waals surface area contributed by atoms with Gasteiger partial charge in [-0.05, 0) is 32.4 Å². The lowest BCUT2D eigenvalue weighted by Crippen LogP contribution is -2.18. The Kier molecular flexibility index (Phi) is 4.80. The fraction of sp³-hybridized carbons (Fsp3) is 0.357. The number of halogens is 1. The van der Waals surface area contributed by atoms with Gasteiger partial charge in [-0.3, -0.25) is 0 Å². The second-order valence-corrected chi connectivity index (χ2v) is 6.01. The van der Waals surface area contributed by atoms with Gasteiger partial charge in [0, 0.05) is 22.0 Å². The van der Waals surface area contributed by atoms with Gasteiger partial charge in [0.1, 0.15) is 12.4 Å². The van der Waals surface area contributed by atoms with E-state index in [0.717, 1.165) is 22.0 Å². The summed E-state index contributed by atoms with van der Waals surface area (Å²) in [5.41, 5.74) is 7.75. The Morgan fingerprint density at radius 1 is 1.47 bits per heavy atom. The van der Waals surface area contributed by atoms with E-state index in [0.29, 0.717) is 18.1 Å². The minimum atomic E-state index is 0.0452. The predicted octanol–water partition coefficient (Wildman–Crippen LogP) is 3.57. The first kappa shape index (κ1) is 14.3. The largest absolute Gasteiger partial charge is 0.487 e. The molecule has 2 rings (SSSR count). The average molecular weight is 297 g/mol. The van der Waals surface area contributed by atoms with E-state index in [1.54, 1.807) is 11.3 Å². The molecule has 0 spiro atoms. The van der Waals surface area contributed by atoms with Crippen molar-refractivity contribution in [3.63, 3.8) is 0 Å². The molecule has 0 saturated heterocycles. The summed E-state index contributed by atoms with van der Waals surface area (Å²) in [7, 11) is 0. The molecule has 3 nitrogen and oxygen atoms in total. The van der Waals surface area contributed by atoms with E-state index in [-0.39, 0.29) is 6.04 Å². The van der Waals surface area contributed by atoms with Crippen LogP contribution in [0.2, 0.25) is 5.02 Å². The van der Waals surface area contributed by atoms with Crippen LogP contribution in [0.25, 0.3) is 0 Å². The molecule has 1 aromatic heterocycles. The van der Waals surface area contributed by atoms with Gasteiger partial charge >= 0.3 is 0 Å². The molecule has 0 aliphatic heterocycles. The summed E-state index contributed by atoms with van der Waals surface area (Å²) in [6.45, 7) is 4.39. The zero-order chi connectivity index (χ0) is 13.8. The number of aromatic nitrogens is 1. The van der Waals surface area contributed by atoms with Crippen molar-refractivity contribution in [1.29, 1.82) is 0 Å². The summed E-state index contributed by atoms with van der Waals surface area (Å²) < 4.78 is 5.82. The summed E-state index contributed by atoms with van der Waals surface area (Å²) in [6.07, 6.45) is 0.700. The molecular formula is C14H17ClN2OS. The van der Waals surface area contributed by atoms with Gasteiger partial charge in [0.25, 0.3) is 0 Å². The molecular weight excluding hydrogens is 280 g/mol. The fourth-order valence-corrected chi connectivity index (χ4v) is 2.66. The predicted molar refractivity (Wildman–Crippen MR) is 80.0 cm³/mol. The van der Waals surface area contributed by atoms with Crippen LogP contribution >= 0.6 is 22.9 Å². The minimum absolute atomic E-state index is 0.0452. The van der Waals surface area contributed by atoms with Gasteiger partial charge < -0.3 is 10.5 Å². The Hall–Kier alpha value is -1.10. The van der Waals surface area contributed by atoms with Crippen LogP contribution in [0, 0.1) is 6.92 Å². The number of hydrogen-bond acceptors (Lipinski definition) is 4. The molecule has 1 unspecified atom stereocenters. The van der Waals surface area contributed by atoms with Gasteiger partial charge in [-0.1, -0.05) is 17.7 Å². The first-order valence-electron chi connectivity index (χ1n) is 6.13. The van der Waals surface area contributed by atoms with Crippen LogP contribution in [-0.4, -0.2) is 11.0 Å². The van der Waals surface area contributed by atoms with Crippen molar-refractivity contribution in [2.75, 3.05) is 0 Å². The van der Waals surface area contributed by atoms with Gasteiger partial charge in [0.15, 0.2) is 0 Å². The first-order chi connectivity index (χ1) is 9.06. The maximum atomic E-state index is 6.21. The van der Waals surface area contributed by atoms with Crippen LogP contribution in [0.15, 0.2) is 23.6 Å². The lowest BCUT2D eigenvalue weighted by Gasteiger charge is -2.14. The maximum Gasteiger partial charge on any atom is 0.131 e. The van der Waals surface area contributed by atoms with Crippen molar-refractivity contribution >= 4 is 22.9 Å². The highest BCUT2D eigenvalue weighted by molar-refractivity contribution is 7.09. The molecule has 0 aliphatic rings. The molecule has 2 N–H and O–H groups in total. The van der Waals surface area contributed by atoms with Crippen LogP contribution in [0.4, 0.5) is 0 Å². The number of ether oxygens (including phenoxy) is 1. The molecule has 0 fully saturated rings. The van der Waals surface area contributed by atoms with Crippen molar-refractivity contribution in [3.8, 4) is 5.75 Å². The molecule has 2 aromatic rings. The van der Waals surface area contributed by atoms with E-state index in [1.165, 1.54) is 0 Å². The molecule has 0 aliphatic carbocycles. The Morgan fingerprint density at radius 2 is 2.26 bits per heavy atom. The Morgan fingerprint density at radius 3 is 2.89 bits per heavy atom. The van der Waals surface area contributed by atoms with E-state index >= 15 is 0 Å². The van der Waals surface area contributed by atoms with Crippen LogP contribution in [0.3, 0.4) is 0 Å². The highest BCUT2D eigenvalue weighted by Gasteiger charge is 2.11. The van der Waals surface area contributed by atoms with E-state index in [2.05, 4.69) is 4.98 Å². The van der Waals surface area contributed by atoms with Crippen LogP contribution < -0.4 is 10.5 Å². The van der Waals surface area contributed by atoms with E-state index in [9.17, 15) is 0 Å². The van der Waals surface area contributed by atoms with E-state index in [1.807, 2.05) is 37.4 Å². The molecule has 5 heteroatoms. The zero-order valence-corrected chi connectivity index (χ0v) is 12.6. The Bertz CT molecular complexity index is 554. The summed E-state index contributed by atoms with van der Waals surface area (Å²) in [6, 6.07) is 5.71. The SMILES string of the molecule is Cc1nc(COc2cccc(Cl)c2CC(C)N)cs1. The van der Waals surface area contributed by atoms with Crippen LogP contribution in [0.1, 0.15) is 23.2 Å². The number of thiazole rings is 1. The second-order valence-electron chi connectivity index (χ2n) is 4.54. The smallest absolute Gasteiger partial charge is 0.131 e. The summed E-state index contributed by atoms with van der Waals surface area (Å²) in [5, 5.41) is 3.75. The van der Waals surface area contributed by atoms with Crippen LogP contribution in [-0.2, 0) is 13.0 Å². The molecule has 1 aromatic carbocycles. The van der Waals surface area contributed by atoms with Gasteiger partial charge in [-0.15, -0.1) is 11.3 Å². The van der Waals surface area contributed by atoms with Crippen molar-refractivity contribution < 1.29 is 4.74 Å². The second kappa shape index (κ2) is 6.37. The lowest BCUT2D eigenvalue weighted by molar-refractivity contribution is 0.298. The molecule has 102 valence electrons. The number of nitrogens with zero attached hydrogens (tertiary/aromatic N) is 1. The number of nitrogens with two attached hydrogens (primary N) is 1. The quantitative estimate of drug-likeness (QED) is 0.917. The molecule has 1 atom stereocenters. The number of rotatable bonds is 5. The molecule has 0 radical (unpaired) electrons. The number of hydrogen-bond donors (Lipinski definition) is 1. The van der Waals surface area contributed by atoms with Crippen molar-refractivity contribution in [1.82, 2.24) is 4.98 Å². The lowest BCUT2D eigenvalue weighted by atomic mass is 10.1. The van der Waals surface area contributed by atoms with E-state index < -0.39 is 0 Å². The third-order valence-electron chi connectivity index (χ3n) is 2.64. The van der Waals surface area contributed by atoms with Gasteiger partial charge in [-0.2, -0.15) is 0 Å². The van der Waals surface area contributed by atoms with E-state index in [4.69, 9.17) is 22.1 Å². The topological polar surface area (TPSA) is 48.1 Å². The molecule has 0 amide bonds. The highest BCUT2D eigenvalue weighted by atomic mass is 35.5. The van der Waals surface area contributed by atoms with Crippen LogP contribution in [0.5, 0.6) is 5.75 Å². The van der Waals surface area contributed by atoms with Gasteiger partial charge in [0.05, 0.1) is 10.7 Å². The molecule has 19 heavy (non-hydrogen) atoms. The average Bonchev–Trinajstić information content (AvgIpc) is 2.75. The Balaban J connectivity index is 2.13. The molecule has 0 saturated carbocycles. The normalized spacial score (nSPS) is 12.4. The first-order valence-corrected chi connectivity index (χ1v) is 7.39. The zero-order valence-electron chi connectivity index (χ0n) is 11.0. The summed E-state index contributed by atoms with van der Waals surface area (Å²) >= 11 is 7.83. The third-order valence-corrected chi connectivity index (χ3v) is 3.82. The van der Waals surface area contributed by atoms with Crippen molar-refractivity contribution in [3.05, 3.63) is 44.9 Å². The van der Waals surface area contributed by atoms with Gasteiger partial charge in [0.2, 0.25) is 0 Å². The maximum absolute atomic E-state index is 6.21. The highest BCUT2D eigenvalue weighted by Crippen LogP contribution is 2.28. The molecule has 1 heterocycles. The third kappa shape index (κ3) is 3.93. The van der Waals surface area contributed by atoms with Crippen molar-refractivity contribution in [2.24, 2.45) is 5.73 Å². The number of aryl methyl sites for hydroxylation is 1.